The Balaban J connectivity index is 1.89. The minimum atomic E-state index is -0.358. The van der Waals surface area contributed by atoms with E-state index in [0.717, 1.165) is 38.5 Å². The summed E-state index contributed by atoms with van der Waals surface area (Å²) < 4.78 is 16.7. The maximum Gasteiger partial charge on any atom is 0.234 e. The summed E-state index contributed by atoms with van der Waals surface area (Å²) in [4.78, 5) is 4.66. The lowest BCUT2D eigenvalue weighted by Gasteiger charge is -2.32. The second-order valence-electron chi connectivity index (χ2n) is 5.93. The predicted octanol–water partition coefficient (Wildman–Crippen LogP) is 1.49. The highest BCUT2D eigenvalue weighted by atomic mass is 16.5. The second-order valence-corrected chi connectivity index (χ2v) is 5.93. The van der Waals surface area contributed by atoms with E-state index < -0.39 is 0 Å². The van der Waals surface area contributed by atoms with Crippen molar-refractivity contribution in [3.8, 4) is 0 Å². The summed E-state index contributed by atoms with van der Waals surface area (Å²) in [6.45, 7) is 1.91. The summed E-state index contributed by atoms with van der Waals surface area (Å²) in [5.41, 5.74) is 5.40. The first kappa shape index (κ1) is 14.0. The van der Waals surface area contributed by atoms with Crippen molar-refractivity contribution >= 4 is 0 Å². The number of nitrogens with two attached hydrogens (primary N) is 1. The largest absolute Gasteiger partial charge is 0.381 e. The van der Waals surface area contributed by atoms with Crippen molar-refractivity contribution in [1.82, 2.24) is 10.1 Å². The van der Waals surface area contributed by atoms with E-state index in [-0.39, 0.29) is 11.0 Å². The van der Waals surface area contributed by atoms with Crippen LogP contribution in [-0.2, 0) is 20.5 Å². The van der Waals surface area contributed by atoms with Crippen molar-refractivity contribution in [1.29, 1.82) is 0 Å². The monoisotopic (exact) mass is 281 g/mol. The fraction of sp³-hybridized carbons (Fsp3) is 0.857. The van der Waals surface area contributed by atoms with E-state index in [0.29, 0.717) is 31.5 Å². The first-order chi connectivity index (χ1) is 9.75. The third kappa shape index (κ3) is 2.16. The lowest BCUT2D eigenvalue weighted by Crippen LogP contribution is -2.41. The summed E-state index contributed by atoms with van der Waals surface area (Å²) in [7, 11) is 1.73. The molecule has 1 saturated heterocycles. The topological polar surface area (TPSA) is 83.4 Å². The third-order valence-corrected chi connectivity index (χ3v) is 4.93. The van der Waals surface area contributed by atoms with E-state index in [4.69, 9.17) is 19.7 Å². The minimum Gasteiger partial charge on any atom is -0.381 e. The molecule has 0 aromatic carbocycles. The zero-order valence-corrected chi connectivity index (χ0v) is 12.1. The zero-order valence-electron chi connectivity index (χ0n) is 12.1. The Kier molecular flexibility index (Phi) is 3.79. The van der Waals surface area contributed by atoms with Gasteiger partial charge in [0.15, 0.2) is 0 Å². The molecule has 1 saturated carbocycles. The molecule has 1 aromatic rings. The number of hydrogen-bond donors (Lipinski definition) is 1. The molecule has 0 unspecified atom stereocenters. The average molecular weight is 281 g/mol. The van der Waals surface area contributed by atoms with E-state index >= 15 is 0 Å². The smallest absolute Gasteiger partial charge is 0.234 e. The fourth-order valence-electron chi connectivity index (χ4n) is 3.36. The average Bonchev–Trinajstić information content (AvgIpc) is 3.17. The molecule has 2 heterocycles. The molecule has 0 atom stereocenters. The van der Waals surface area contributed by atoms with Gasteiger partial charge in [-0.25, -0.2) is 0 Å². The van der Waals surface area contributed by atoms with Crippen LogP contribution in [0.5, 0.6) is 0 Å². The SMILES string of the molecule is COC1(c2noc(C3(CN)CCOCC3)n2)CCCC1. The van der Waals surface area contributed by atoms with Crippen LogP contribution in [0.25, 0.3) is 0 Å². The number of methoxy groups -OCH3 is 1. The van der Waals surface area contributed by atoms with Crippen LogP contribution in [0.15, 0.2) is 4.52 Å². The van der Waals surface area contributed by atoms with Crippen molar-refractivity contribution in [2.24, 2.45) is 5.73 Å². The molecular weight excluding hydrogens is 258 g/mol. The van der Waals surface area contributed by atoms with Crippen LogP contribution in [0, 0.1) is 0 Å². The van der Waals surface area contributed by atoms with E-state index in [1.165, 1.54) is 0 Å². The first-order valence-corrected chi connectivity index (χ1v) is 7.42. The summed E-state index contributed by atoms with van der Waals surface area (Å²) in [6.07, 6.45) is 5.89. The van der Waals surface area contributed by atoms with Crippen LogP contribution in [0.1, 0.15) is 50.2 Å². The van der Waals surface area contributed by atoms with Crippen LogP contribution < -0.4 is 5.73 Å². The number of nitrogens with zero attached hydrogens (tertiary/aromatic N) is 2. The van der Waals surface area contributed by atoms with Crippen LogP contribution in [-0.4, -0.2) is 37.0 Å². The van der Waals surface area contributed by atoms with Gasteiger partial charge in [0.1, 0.15) is 5.60 Å². The molecule has 1 aliphatic carbocycles. The van der Waals surface area contributed by atoms with Crippen LogP contribution >= 0.6 is 0 Å². The molecule has 112 valence electrons. The Morgan fingerprint density at radius 3 is 2.50 bits per heavy atom. The minimum absolute atomic E-state index is 0.225. The Morgan fingerprint density at radius 1 is 1.20 bits per heavy atom. The van der Waals surface area contributed by atoms with Crippen molar-refractivity contribution < 1.29 is 14.0 Å². The molecule has 1 aromatic heterocycles. The Labute approximate surface area is 119 Å². The first-order valence-electron chi connectivity index (χ1n) is 7.42. The van der Waals surface area contributed by atoms with Gasteiger partial charge in [-0.05, 0) is 38.5 Å². The number of rotatable bonds is 4. The summed E-state index contributed by atoms with van der Waals surface area (Å²) in [5, 5.41) is 4.20. The van der Waals surface area contributed by atoms with Gasteiger partial charge in [-0.2, -0.15) is 4.98 Å². The molecule has 1 aliphatic heterocycles. The van der Waals surface area contributed by atoms with Gasteiger partial charge < -0.3 is 19.7 Å². The van der Waals surface area contributed by atoms with E-state index in [1.807, 2.05) is 0 Å². The maximum absolute atomic E-state index is 5.98. The number of aromatic nitrogens is 2. The van der Waals surface area contributed by atoms with E-state index in [2.05, 4.69) is 10.1 Å². The molecule has 6 nitrogen and oxygen atoms in total. The molecule has 2 fully saturated rings. The normalized spacial score (nSPS) is 24.9. The van der Waals surface area contributed by atoms with E-state index in [1.54, 1.807) is 7.11 Å². The second kappa shape index (κ2) is 5.42. The predicted molar refractivity (Wildman–Crippen MR) is 72.2 cm³/mol. The van der Waals surface area contributed by atoms with Gasteiger partial charge in [-0.15, -0.1) is 0 Å². The van der Waals surface area contributed by atoms with Crippen molar-refractivity contribution in [3.63, 3.8) is 0 Å². The fourth-order valence-corrected chi connectivity index (χ4v) is 3.36. The van der Waals surface area contributed by atoms with Gasteiger partial charge in [-0.1, -0.05) is 5.16 Å². The van der Waals surface area contributed by atoms with Crippen LogP contribution in [0.4, 0.5) is 0 Å². The van der Waals surface area contributed by atoms with Gasteiger partial charge in [-0.3, -0.25) is 0 Å². The highest BCUT2D eigenvalue weighted by Gasteiger charge is 2.44. The highest BCUT2D eigenvalue weighted by molar-refractivity contribution is 5.12. The maximum atomic E-state index is 5.98. The molecular formula is C14H23N3O3. The number of hydrogen-bond acceptors (Lipinski definition) is 6. The summed E-state index contributed by atoms with van der Waals surface area (Å²) in [6, 6.07) is 0. The highest BCUT2D eigenvalue weighted by Crippen LogP contribution is 2.41. The molecule has 0 spiro atoms. The molecule has 6 heteroatoms. The van der Waals surface area contributed by atoms with Gasteiger partial charge in [0.2, 0.25) is 11.7 Å². The van der Waals surface area contributed by atoms with Crippen molar-refractivity contribution in [2.45, 2.75) is 49.5 Å². The van der Waals surface area contributed by atoms with Crippen LogP contribution in [0.3, 0.4) is 0 Å². The molecule has 3 rings (SSSR count). The van der Waals surface area contributed by atoms with E-state index in [9.17, 15) is 0 Å². The standard InChI is InChI=1S/C14H23N3O3/c1-18-14(4-2-3-5-14)11-16-12(20-17-11)13(10-15)6-8-19-9-7-13/h2-10,15H2,1H3. The Hall–Kier alpha value is -0.980. The molecule has 0 bridgehead atoms. The molecule has 2 N–H and O–H groups in total. The van der Waals surface area contributed by atoms with Crippen molar-refractivity contribution in [2.75, 3.05) is 26.9 Å². The van der Waals surface area contributed by atoms with Crippen LogP contribution in [0.2, 0.25) is 0 Å². The number of ether oxygens (including phenoxy) is 2. The van der Waals surface area contributed by atoms with Gasteiger partial charge in [0.05, 0.1) is 5.41 Å². The van der Waals surface area contributed by atoms with Gasteiger partial charge in [0, 0.05) is 26.9 Å². The summed E-state index contributed by atoms with van der Waals surface area (Å²) >= 11 is 0. The molecule has 0 amide bonds. The Bertz CT molecular complexity index is 448. The molecule has 20 heavy (non-hydrogen) atoms. The van der Waals surface area contributed by atoms with Gasteiger partial charge >= 0.3 is 0 Å². The lowest BCUT2D eigenvalue weighted by atomic mass is 9.80. The Morgan fingerprint density at radius 2 is 1.90 bits per heavy atom. The zero-order chi connectivity index (χ0) is 14.1. The molecule has 0 radical (unpaired) electrons. The third-order valence-electron chi connectivity index (χ3n) is 4.93. The van der Waals surface area contributed by atoms with Gasteiger partial charge in [0.25, 0.3) is 0 Å². The lowest BCUT2D eigenvalue weighted by molar-refractivity contribution is -0.0178. The van der Waals surface area contributed by atoms with Crippen molar-refractivity contribution in [3.05, 3.63) is 11.7 Å². The summed E-state index contributed by atoms with van der Waals surface area (Å²) in [5.74, 6) is 1.34. The quantitative estimate of drug-likeness (QED) is 0.900. The molecule has 2 aliphatic rings.